The first-order chi connectivity index (χ1) is 9.15. The Labute approximate surface area is 114 Å². The van der Waals surface area contributed by atoms with Crippen LogP contribution in [0, 0.1) is 11.8 Å². The number of nitrogens with zero attached hydrogens (tertiary/aromatic N) is 2. The molecule has 0 spiro atoms. The normalized spacial score (nSPS) is 18.3. The molecule has 19 heavy (non-hydrogen) atoms. The van der Waals surface area contributed by atoms with E-state index in [2.05, 4.69) is 24.0 Å². The van der Waals surface area contributed by atoms with Gasteiger partial charge >= 0.3 is 6.09 Å². The van der Waals surface area contributed by atoms with Crippen molar-refractivity contribution in [2.45, 2.75) is 32.6 Å². The van der Waals surface area contributed by atoms with Crippen molar-refractivity contribution in [2.24, 2.45) is 11.8 Å². The summed E-state index contributed by atoms with van der Waals surface area (Å²) >= 11 is 0. The van der Waals surface area contributed by atoms with Gasteiger partial charge in [-0.05, 0) is 55.2 Å². The quantitative estimate of drug-likeness (QED) is 0.907. The molecule has 0 bridgehead atoms. The van der Waals surface area contributed by atoms with Crippen LogP contribution in [0.3, 0.4) is 0 Å². The van der Waals surface area contributed by atoms with E-state index in [9.17, 15) is 4.79 Å². The molecule has 1 fully saturated rings. The number of hydrogen-bond acceptors (Lipinski definition) is 2. The third-order valence-electron chi connectivity index (χ3n) is 3.95. The van der Waals surface area contributed by atoms with Crippen molar-refractivity contribution < 1.29 is 9.90 Å². The molecule has 1 atom stereocenters. The molecule has 2 rings (SSSR count). The second-order valence-electron chi connectivity index (χ2n) is 5.61. The Hall–Kier alpha value is -1.58. The zero-order chi connectivity index (χ0) is 13.7. The average Bonchev–Trinajstić information content (AvgIpc) is 2.40. The van der Waals surface area contributed by atoms with Crippen molar-refractivity contribution in [3.05, 3.63) is 30.1 Å². The highest BCUT2D eigenvalue weighted by Crippen LogP contribution is 2.25. The smallest absolute Gasteiger partial charge is 0.407 e. The number of pyridine rings is 1. The molecule has 1 aromatic rings. The molecule has 0 saturated carbocycles. The Morgan fingerprint density at radius 1 is 1.42 bits per heavy atom. The number of hydrogen-bond donors (Lipinski definition) is 1. The van der Waals surface area contributed by atoms with Crippen LogP contribution in [0.4, 0.5) is 4.79 Å². The fourth-order valence-corrected chi connectivity index (χ4v) is 2.93. The van der Waals surface area contributed by atoms with E-state index < -0.39 is 6.09 Å². The summed E-state index contributed by atoms with van der Waals surface area (Å²) in [4.78, 5) is 16.4. The monoisotopic (exact) mass is 262 g/mol. The zero-order valence-corrected chi connectivity index (χ0v) is 11.5. The molecule has 1 amide bonds. The van der Waals surface area contributed by atoms with Gasteiger partial charge in [-0.3, -0.25) is 4.98 Å². The van der Waals surface area contributed by atoms with Crippen molar-refractivity contribution in [1.82, 2.24) is 9.88 Å². The van der Waals surface area contributed by atoms with Crippen LogP contribution in [-0.4, -0.2) is 34.2 Å². The Balaban J connectivity index is 1.75. The predicted molar refractivity (Wildman–Crippen MR) is 74.0 cm³/mol. The highest BCUT2D eigenvalue weighted by molar-refractivity contribution is 5.64. The van der Waals surface area contributed by atoms with Gasteiger partial charge in [0.2, 0.25) is 0 Å². The summed E-state index contributed by atoms with van der Waals surface area (Å²) in [6.45, 7) is 3.67. The third-order valence-corrected chi connectivity index (χ3v) is 3.95. The van der Waals surface area contributed by atoms with Crippen molar-refractivity contribution in [2.75, 3.05) is 13.1 Å². The minimum Gasteiger partial charge on any atom is -0.465 e. The molecule has 4 nitrogen and oxygen atoms in total. The van der Waals surface area contributed by atoms with E-state index in [0.717, 1.165) is 19.3 Å². The predicted octanol–water partition coefficient (Wildman–Crippen LogP) is 3.04. The largest absolute Gasteiger partial charge is 0.465 e. The molecule has 2 heterocycles. The van der Waals surface area contributed by atoms with Crippen LogP contribution in [0.1, 0.15) is 31.7 Å². The highest BCUT2D eigenvalue weighted by atomic mass is 16.4. The van der Waals surface area contributed by atoms with Gasteiger partial charge in [-0.1, -0.05) is 6.92 Å². The van der Waals surface area contributed by atoms with Crippen LogP contribution in [-0.2, 0) is 6.42 Å². The fraction of sp³-hybridized carbons (Fsp3) is 0.600. The van der Waals surface area contributed by atoms with E-state index in [-0.39, 0.29) is 0 Å². The lowest BCUT2D eigenvalue weighted by atomic mass is 9.85. The van der Waals surface area contributed by atoms with E-state index in [1.54, 1.807) is 0 Å². The van der Waals surface area contributed by atoms with Crippen LogP contribution in [0.2, 0.25) is 0 Å². The lowest BCUT2D eigenvalue weighted by Crippen LogP contribution is -2.37. The molecule has 0 radical (unpaired) electrons. The van der Waals surface area contributed by atoms with E-state index in [1.807, 2.05) is 12.4 Å². The number of rotatable bonds is 4. The van der Waals surface area contributed by atoms with Gasteiger partial charge in [0.25, 0.3) is 0 Å². The Kier molecular flexibility index (Phi) is 4.77. The van der Waals surface area contributed by atoms with Crippen molar-refractivity contribution in [3.63, 3.8) is 0 Å². The minimum atomic E-state index is -0.775. The van der Waals surface area contributed by atoms with Crippen LogP contribution in [0.15, 0.2) is 24.5 Å². The van der Waals surface area contributed by atoms with Gasteiger partial charge in [0.15, 0.2) is 0 Å². The maximum absolute atomic E-state index is 10.8. The van der Waals surface area contributed by atoms with Gasteiger partial charge in [0.05, 0.1) is 0 Å². The molecule has 0 aliphatic carbocycles. The summed E-state index contributed by atoms with van der Waals surface area (Å²) in [7, 11) is 0. The second kappa shape index (κ2) is 6.55. The first-order valence-corrected chi connectivity index (χ1v) is 7.02. The number of piperidine rings is 1. The summed E-state index contributed by atoms with van der Waals surface area (Å²) < 4.78 is 0. The summed E-state index contributed by atoms with van der Waals surface area (Å²) in [6.07, 6.45) is 7.20. The first-order valence-electron chi connectivity index (χ1n) is 7.02. The maximum atomic E-state index is 10.8. The maximum Gasteiger partial charge on any atom is 0.407 e. The van der Waals surface area contributed by atoms with E-state index in [4.69, 9.17) is 5.11 Å². The van der Waals surface area contributed by atoms with E-state index in [0.29, 0.717) is 24.9 Å². The van der Waals surface area contributed by atoms with E-state index >= 15 is 0 Å². The molecule has 1 N–H and O–H groups in total. The van der Waals surface area contributed by atoms with Gasteiger partial charge in [-0.15, -0.1) is 0 Å². The Morgan fingerprint density at radius 2 is 2.05 bits per heavy atom. The number of aromatic nitrogens is 1. The van der Waals surface area contributed by atoms with Gasteiger partial charge in [-0.2, -0.15) is 0 Å². The fourth-order valence-electron chi connectivity index (χ4n) is 2.93. The number of carboxylic acid groups (broad SMARTS) is 1. The molecular formula is C15H22N2O2. The number of carbonyl (C=O) groups is 1. The Bertz CT molecular complexity index is 400. The number of likely N-dealkylation sites (tertiary alicyclic amines) is 1. The summed E-state index contributed by atoms with van der Waals surface area (Å²) in [5.41, 5.74) is 1.34. The summed E-state index contributed by atoms with van der Waals surface area (Å²) in [5, 5.41) is 8.92. The molecule has 1 unspecified atom stereocenters. The Morgan fingerprint density at radius 3 is 2.63 bits per heavy atom. The third kappa shape index (κ3) is 4.23. The second-order valence-corrected chi connectivity index (χ2v) is 5.61. The number of amides is 1. The van der Waals surface area contributed by atoms with Gasteiger partial charge in [0, 0.05) is 25.5 Å². The average molecular weight is 262 g/mol. The molecule has 1 aromatic heterocycles. The standard InChI is InChI=1S/C15H22N2O2/c1-12(10-13-2-6-16-7-3-13)11-14-4-8-17(9-5-14)15(18)19/h2-3,6-7,12,14H,4-5,8-11H2,1H3,(H,18,19). The van der Waals surface area contributed by atoms with Gasteiger partial charge in [-0.25, -0.2) is 4.79 Å². The topological polar surface area (TPSA) is 53.4 Å². The zero-order valence-electron chi connectivity index (χ0n) is 11.5. The van der Waals surface area contributed by atoms with Crippen molar-refractivity contribution >= 4 is 6.09 Å². The summed E-state index contributed by atoms with van der Waals surface area (Å²) in [5.74, 6) is 1.32. The van der Waals surface area contributed by atoms with Crippen LogP contribution in [0.5, 0.6) is 0 Å². The van der Waals surface area contributed by atoms with Gasteiger partial charge in [0.1, 0.15) is 0 Å². The summed E-state index contributed by atoms with van der Waals surface area (Å²) in [6, 6.07) is 4.15. The molecule has 1 aliphatic heterocycles. The molecule has 1 saturated heterocycles. The van der Waals surface area contributed by atoms with Crippen LogP contribution < -0.4 is 0 Å². The van der Waals surface area contributed by atoms with Crippen molar-refractivity contribution in [1.29, 1.82) is 0 Å². The van der Waals surface area contributed by atoms with Crippen LogP contribution in [0.25, 0.3) is 0 Å². The van der Waals surface area contributed by atoms with E-state index in [1.165, 1.54) is 16.9 Å². The first kappa shape index (κ1) is 13.8. The highest BCUT2D eigenvalue weighted by Gasteiger charge is 2.23. The molecule has 104 valence electrons. The molecular weight excluding hydrogens is 240 g/mol. The SMILES string of the molecule is CC(Cc1ccncc1)CC1CCN(C(=O)O)CC1. The minimum absolute atomic E-state index is 0.642. The molecule has 0 aromatic carbocycles. The van der Waals surface area contributed by atoms with Crippen LogP contribution >= 0.6 is 0 Å². The lowest BCUT2D eigenvalue weighted by molar-refractivity contribution is 0.120. The molecule has 4 heteroatoms. The lowest BCUT2D eigenvalue weighted by Gasteiger charge is -2.31. The van der Waals surface area contributed by atoms with Gasteiger partial charge < -0.3 is 10.0 Å². The molecule has 1 aliphatic rings. The van der Waals surface area contributed by atoms with Crippen molar-refractivity contribution in [3.8, 4) is 0 Å².